The molecule has 1 saturated carbocycles. The van der Waals surface area contributed by atoms with Gasteiger partial charge in [-0.25, -0.2) is 9.97 Å². The van der Waals surface area contributed by atoms with E-state index in [2.05, 4.69) is 27.1 Å². The molecule has 0 aromatic carbocycles. The van der Waals surface area contributed by atoms with Crippen molar-refractivity contribution in [2.75, 3.05) is 31.2 Å². The normalized spacial score (nSPS) is 15.2. The first-order chi connectivity index (χ1) is 8.33. The van der Waals surface area contributed by atoms with Gasteiger partial charge in [0.05, 0.1) is 0 Å². The monoisotopic (exact) mass is 252 g/mol. The Morgan fingerprint density at radius 3 is 2.94 bits per heavy atom. The van der Waals surface area contributed by atoms with Crippen molar-refractivity contribution in [3.63, 3.8) is 0 Å². The molecule has 0 spiro atoms. The molecule has 0 radical (unpaired) electrons. The lowest BCUT2D eigenvalue weighted by Gasteiger charge is -2.19. The second-order valence-corrected chi connectivity index (χ2v) is 5.06. The fourth-order valence-electron chi connectivity index (χ4n) is 1.91. The van der Waals surface area contributed by atoms with Gasteiger partial charge in [0.2, 0.25) is 0 Å². The van der Waals surface area contributed by atoms with E-state index in [1.807, 2.05) is 12.3 Å². The van der Waals surface area contributed by atoms with Crippen molar-refractivity contribution in [3.8, 4) is 0 Å². The number of rotatable bonds is 7. The standard InChI is InChI=1S/C12H20N4S/c1-3-16(10-4-5-10)7-6-13-11-8-12(17-2)15-9-14-11/h8-10H,3-7H2,1-2H3,(H,13,14,15). The Hall–Kier alpha value is -0.810. The minimum absolute atomic E-state index is 0.842. The number of anilines is 1. The first kappa shape index (κ1) is 12.6. The quantitative estimate of drug-likeness (QED) is 0.594. The fourth-order valence-corrected chi connectivity index (χ4v) is 2.30. The molecule has 1 fully saturated rings. The van der Waals surface area contributed by atoms with Gasteiger partial charge in [-0.05, 0) is 25.6 Å². The second-order valence-electron chi connectivity index (χ2n) is 4.23. The van der Waals surface area contributed by atoms with Gasteiger partial charge in [-0.3, -0.25) is 4.90 Å². The first-order valence-corrected chi connectivity index (χ1v) is 7.40. The van der Waals surface area contributed by atoms with Crippen molar-refractivity contribution in [1.82, 2.24) is 14.9 Å². The summed E-state index contributed by atoms with van der Waals surface area (Å²) in [5.74, 6) is 0.927. The zero-order chi connectivity index (χ0) is 12.1. The lowest BCUT2D eigenvalue weighted by Crippen LogP contribution is -2.31. The molecule has 0 bridgehead atoms. The number of likely N-dealkylation sites (N-methyl/N-ethyl adjacent to an activating group) is 1. The van der Waals surface area contributed by atoms with Gasteiger partial charge in [0.25, 0.3) is 0 Å². The van der Waals surface area contributed by atoms with Crippen LogP contribution in [-0.4, -0.2) is 46.8 Å². The van der Waals surface area contributed by atoms with E-state index in [1.54, 1.807) is 18.1 Å². The summed E-state index contributed by atoms with van der Waals surface area (Å²) >= 11 is 1.64. The Bertz CT molecular complexity index is 354. The second kappa shape index (κ2) is 6.21. The predicted octanol–water partition coefficient (Wildman–Crippen LogP) is 2.09. The van der Waals surface area contributed by atoms with Crippen molar-refractivity contribution in [2.45, 2.75) is 30.8 Å². The topological polar surface area (TPSA) is 41.0 Å². The Morgan fingerprint density at radius 2 is 2.29 bits per heavy atom. The maximum absolute atomic E-state index is 4.22. The molecule has 1 aromatic heterocycles. The van der Waals surface area contributed by atoms with Crippen LogP contribution in [0.3, 0.4) is 0 Å². The SMILES string of the molecule is CCN(CCNc1cc(SC)ncn1)C1CC1. The van der Waals surface area contributed by atoms with E-state index in [-0.39, 0.29) is 0 Å². The lowest BCUT2D eigenvalue weighted by atomic mass is 10.4. The molecule has 1 aliphatic rings. The molecule has 4 nitrogen and oxygen atoms in total. The van der Waals surface area contributed by atoms with E-state index in [9.17, 15) is 0 Å². The molecule has 1 aromatic rings. The maximum Gasteiger partial charge on any atom is 0.130 e. The van der Waals surface area contributed by atoms with Crippen LogP contribution in [0.5, 0.6) is 0 Å². The van der Waals surface area contributed by atoms with Gasteiger partial charge in [0.1, 0.15) is 17.2 Å². The molecular weight excluding hydrogens is 232 g/mol. The van der Waals surface area contributed by atoms with E-state index in [4.69, 9.17) is 0 Å². The zero-order valence-corrected chi connectivity index (χ0v) is 11.3. The third-order valence-corrected chi connectivity index (χ3v) is 3.67. The summed E-state index contributed by atoms with van der Waals surface area (Å²) in [6.45, 7) is 5.43. The van der Waals surface area contributed by atoms with Crippen molar-refractivity contribution >= 4 is 17.6 Å². The van der Waals surface area contributed by atoms with E-state index in [0.29, 0.717) is 0 Å². The van der Waals surface area contributed by atoms with Crippen LogP contribution in [-0.2, 0) is 0 Å². The van der Waals surface area contributed by atoms with E-state index in [1.165, 1.54) is 12.8 Å². The van der Waals surface area contributed by atoms with Gasteiger partial charge in [-0.1, -0.05) is 6.92 Å². The fraction of sp³-hybridized carbons (Fsp3) is 0.667. The average Bonchev–Trinajstić information content (AvgIpc) is 3.19. The van der Waals surface area contributed by atoms with E-state index in [0.717, 1.165) is 36.5 Å². The molecule has 1 N–H and O–H groups in total. The molecule has 5 heteroatoms. The summed E-state index contributed by atoms with van der Waals surface area (Å²) in [6, 6.07) is 2.84. The van der Waals surface area contributed by atoms with E-state index >= 15 is 0 Å². The molecule has 0 amide bonds. The Balaban J connectivity index is 1.76. The predicted molar refractivity (Wildman–Crippen MR) is 72.6 cm³/mol. The maximum atomic E-state index is 4.22. The highest BCUT2D eigenvalue weighted by atomic mass is 32.2. The molecule has 17 heavy (non-hydrogen) atoms. The molecule has 0 aliphatic heterocycles. The summed E-state index contributed by atoms with van der Waals surface area (Å²) in [5.41, 5.74) is 0. The first-order valence-electron chi connectivity index (χ1n) is 6.17. The summed E-state index contributed by atoms with van der Waals surface area (Å²) in [5, 5.41) is 4.37. The van der Waals surface area contributed by atoms with Gasteiger partial charge < -0.3 is 5.32 Å². The van der Waals surface area contributed by atoms with Crippen molar-refractivity contribution < 1.29 is 0 Å². The van der Waals surface area contributed by atoms with Crippen molar-refractivity contribution in [1.29, 1.82) is 0 Å². The largest absolute Gasteiger partial charge is 0.369 e. The third kappa shape index (κ3) is 3.85. The van der Waals surface area contributed by atoms with Gasteiger partial charge in [-0.2, -0.15) is 0 Å². The Morgan fingerprint density at radius 1 is 1.47 bits per heavy atom. The summed E-state index contributed by atoms with van der Waals surface area (Å²) in [4.78, 5) is 10.9. The summed E-state index contributed by atoms with van der Waals surface area (Å²) in [6.07, 6.45) is 6.39. The number of nitrogens with one attached hydrogen (secondary N) is 1. The van der Waals surface area contributed by atoms with Gasteiger partial charge >= 0.3 is 0 Å². The van der Waals surface area contributed by atoms with Crippen molar-refractivity contribution in [2.24, 2.45) is 0 Å². The molecule has 2 rings (SSSR count). The molecule has 0 unspecified atom stereocenters. The van der Waals surface area contributed by atoms with E-state index < -0.39 is 0 Å². The minimum atomic E-state index is 0.842. The molecule has 1 aliphatic carbocycles. The summed E-state index contributed by atoms with van der Waals surface area (Å²) in [7, 11) is 0. The minimum Gasteiger partial charge on any atom is -0.369 e. The number of nitrogens with zero attached hydrogens (tertiary/aromatic N) is 3. The molecule has 1 heterocycles. The highest BCUT2D eigenvalue weighted by Gasteiger charge is 2.27. The smallest absolute Gasteiger partial charge is 0.130 e. The highest BCUT2D eigenvalue weighted by molar-refractivity contribution is 7.98. The highest BCUT2D eigenvalue weighted by Crippen LogP contribution is 2.26. The molecular formula is C12H20N4S. The van der Waals surface area contributed by atoms with Crippen LogP contribution in [0.2, 0.25) is 0 Å². The van der Waals surface area contributed by atoms with Crippen molar-refractivity contribution in [3.05, 3.63) is 12.4 Å². The number of aromatic nitrogens is 2. The van der Waals surface area contributed by atoms with Crippen LogP contribution in [0.4, 0.5) is 5.82 Å². The van der Waals surface area contributed by atoms with Gasteiger partial charge in [-0.15, -0.1) is 11.8 Å². The average molecular weight is 252 g/mol. The third-order valence-electron chi connectivity index (χ3n) is 3.03. The van der Waals surface area contributed by atoms with Gasteiger partial charge in [0, 0.05) is 25.2 Å². The van der Waals surface area contributed by atoms with Crippen LogP contribution in [0.15, 0.2) is 17.4 Å². The number of hydrogen-bond donors (Lipinski definition) is 1. The number of thioether (sulfide) groups is 1. The van der Waals surface area contributed by atoms with Gasteiger partial charge in [0.15, 0.2) is 0 Å². The Kier molecular flexibility index (Phi) is 4.62. The molecule has 0 saturated heterocycles. The van der Waals surface area contributed by atoms with Crippen LogP contribution >= 0.6 is 11.8 Å². The van der Waals surface area contributed by atoms with Crippen LogP contribution in [0.25, 0.3) is 0 Å². The zero-order valence-electron chi connectivity index (χ0n) is 10.5. The lowest BCUT2D eigenvalue weighted by molar-refractivity contribution is 0.289. The number of hydrogen-bond acceptors (Lipinski definition) is 5. The molecule has 94 valence electrons. The summed E-state index contributed by atoms with van der Waals surface area (Å²) < 4.78 is 0. The Labute approximate surface area is 107 Å². The van der Waals surface area contributed by atoms with Crippen LogP contribution < -0.4 is 5.32 Å². The van der Waals surface area contributed by atoms with Crippen LogP contribution in [0, 0.1) is 0 Å². The van der Waals surface area contributed by atoms with Crippen LogP contribution in [0.1, 0.15) is 19.8 Å². The molecule has 0 atom stereocenters.